The largest absolute Gasteiger partial charge is 0.416 e. The fraction of sp³-hybridized carbons (Fsp3) is 0.185. The molecule has 0 fully saturated rings. The van der Waals surface area contributed by atoms with E-state index < -0.39 is 17.6 Å². The lowest BCUT2D eigenvalue weighted by molar-refractivity contribution is -0.137. The van der Waals surface area contributed by atoms with Crippen LogP contribution in [0.2, 0.25) is 0 Å². The number of rotatable bonds is 4. The highest BCUT2D eigenvalue weighted by Crippen LogP contribution is 2.39. The Labute approximate surface area is 230 Å². The van der Waals surface area contributed by atoms with Gasteiger partial charge in [0.1, 0.15) is 22.3 Å². The van der Waals surface area contributed by atoms with E-state index in [9.17, 15) is 18.0 Å². The number of amides is 1. The highest BCUT2D eigenvalue weighted by molar-refractivity contribution is 7.09. The number of aryl methyl sites for hydroxylation is 2. The van der Waals surface area contributed by atoms with E-state index in [1.165, 1.54) is 11.5 Å². The fourth-order valence-electron chi connectivity index (χ4n) is 4.54. The number of nitrogens with zero attached hydrogens (tertiary/aromatic N) is 6. The van der Waals surface area contributed by atoms with Gasteiger partial charge in [0.15, 0.2) is 0 Å². The lowest BCUT2D eigenvalue weighted by Gasteiger charge is -2.19. The van der Waals surface area contributed by atoms with Crippen LogP contribution in [-0.2, 0) is 12.7 Å². The summed E-state index contributed by atoms with van der Waals surface area (Å²) in [5, 5.41) is 6.82. The van der Waals surface area contributed by atoms with Crippen molar-refractivity contribution in [3.63, 3.8) is 0 Å². The van der Waals surface area contributed by atoms with Gasteiger partial charge in [-0.15, -0.1) is 0 Å². The maximum absolute atomic E-state index is 13.1. The van der Waals surface area contributed by atoms with E-state index in [1.54, 1.807) is 18.3 Å². The second kappa shape index (κ2) is 9.83. The number of benzene rings is 1. The molecule has 3 aliphatic rings. The van der Waals surface area contributed by atoms with Crippen LogP contribution in [-0.4, -0.2) is 36.3 Å². The predicted octanol–water partition coefficient (Wildman–Crippen LogP) is 5.45. The Morgan fingerprint density at radius 1 is 1.10 bits per heavy atom. The molecule has 0 atom stereocenters. The maximum atomic E-state index is 13.1. The molecule has 0 aliphatic carbocycles. The topological polar surface area (TPSA) is 110 Å². The maximum Gasteiger partial charge on any atom is 0.416 e. The van der Waals surface area contributed by atoms with Gasteiger partial charge in [-0.2, -0.15) is 27.5 Å². The van der Waals surface area contributed by atoms with Crippen molar-refractivity contribution < 1.29 is 18.0 Å². The summed E-state index contributed by atoms with van der Waals surface area (Å²) in [5.41, 5.74) is 3.85. The van der Waals surface area contributed by atoms with Gasteiger partial charge in [0.05, 0.1) is 11.3 Å². The van der Waals surface area contributed by atoms with Crippen LogP contribution < -0.4 is 16.3 Å². The van der Waals surface area contributed by atoms with E-state index in [2.05, 4.69) is 34.5 Å². The van der Waals surface area contributed by atoms with Crippen molar-refractivity contribution in [1.29, 1.82) is 0 Å². The zero-order valence-corrected chi connectivity index (χ0v) is 22.1. The number of carbonyl (C=O) groups is 1. The third-order valence-electron chi connectivity index (χ3n) is 6.42. The van der Waals surface area contributed by atoms with Gasteiger partial charge in [-0.25, -0.2) is 4.98 Å². The Morgan fingerprint density at radius 2 is 1.95 bits per heavy atom. The van der Waals surface area contributed by atoms with E-state index in [-0.39, 0.29) is 5.69 Å². The van der Waals surface area contributed by atoms with Crippen LogP contribution >= 0.6 is 11.5 Å². The van der Waals surface area contributed by atoms with Crippen molar-refractivity contribution >= 4 is 33.9 Å². The van der Waals surface area contributed by atoms with E-state index in [4.69, 9.17) is 4.98 Å². The summed E-state index contributed by atoms with van der Waals surface area (Å²) in [6.07, 6.45) is -1.88. The molecule has 0 saturated heterocycles. The van der Waals surface area contributed by atoms with Gasteiger partial charge >= 0.3 is 6.18 Å². The Balaban J connectivity index is 1.37. The van der Waals surface area contributed by atoms with Crippen LogP contribution in [0.5, 0.6) is 0 Å². The summed E-state index contributed by atoms with van der Waals surface area (Å²) in [5.74, 6) is 0.853. The Morgan fingerprint density at radius 3 is 2.73 bits per heavy atom. The molecule has 0 saturated carbocycles. The standard InChI is InChI=1S/C27H21F3N8OS/c1-14-3-4-18(34-25(39)21-11-17(5-6-31-21)27(28,29)30)12-19(14)20-10-16-13-33-26(35-22-9-15(2)37-40-22)36-23(16)38-8-7-32-24(20)38/h3-6,9-13,32H,7-8H2,1-2H3,(H,34,39)/b35-26-. The molecule has 40 heavy (non-hydrogen) atoms. The fourth-order valence-corrected chi connectivity index (χ4v) is 5.17. The lowest BCUT2D eigenvalue weighted by Crippen LogP contribution is -2.17. The molecule has 2 aromatic heterocycles. The Hall–Kier alpha value is -4.65. The number of nitrogens with one attached hydrogen (secondary N) is 2. The lowest BCUT2D eigenvalue weighted by atomic mass is 9.98. The molecular formula is C27H21F3N8OS. The number of carbonyl (C=O) groups excluding carboxylic acids is 1. The minimum absolute atomic E-state index is 0.326. The summed E-state index contributed by atoms with van der Waals surface area (Å²) in [6, 6.07) is 10.7. The van der Waals surface area contributed by atoms with Crippen LogP contribution in [0, 0.1) is 13.8 Å². The van der Waals surface area contributed by atoms with Crippen molar-refractivity contribution in [1.82, 2.24) is 23.9 Å². The normalized spacial score (nSPS) is 13.4. The smallest absolute Gasteiger partial charge is 0.369 e. The quantitative estimate of drug-likeness (QED) is 0.302. The number of anilines is 2. The molecule has 0 spiro atoms. The van der Waals surface area contributed by atoms with E-state index in [1.807, 2.05) is 32.0 Å². The molecule has 202 valence electrons. The third kappa shape index (κ3) is 4.91. The highest BCUT2D eigenvalue weighted by atomic mass is 32.1. The zero-order valence-electron chi connectivity index (χ0n) is 21.2. The summed E-state index contributed by atoms with van der Waals surface area (Å²) < 4.78 is 45.6. The third-order valence-corrected chi connectivity index (χ3v) is 7.20. The molecule has 6 rings (SSSR count). The molecule has 0 bridgehead atoms. The van der Waals surface area contributed by atoms with Gasteiger partial charge in [0.25, 0.3) is 11.5 Å². The molecule has 1 amide bonds. The van der Waals surface area contributed by atoms with Crippen molar-refractivity contribution in [2.24, 2.45) is 4.99 Å². The van der Waals surface area contributed by atoms with Crippen molar-refractivity contribution in [2.75, 3.05) is 17.2 Å². The minimum Gasteiger partial charge on any atom is -0.369 e. The van der Waals surface area contributed by atoms with E-state index in [0.29, 0.717) is 24.4 Å². The first-order chi connectivity index (χ1) is 19.2. The van der Waals surface area contributed by atoms with Gasteiger partial charge in [0.2, 0.25) is 0 Å². The molecular weight excluding hydrogens is 541 g/mol. The number of halogens is 3. The Bertz CT molecular complexity index is 1810. The number of hydrogen-bond donors (Lipinski definition) is 2. The van der Waals surface area contributed by atoms with E-state index >= 15 is 0 Å². The minimum atomic E-state index is -4.57. The summed E-state index contributed by atoms with van der Waals surface area (Å²) in [6.45, 7) is 5.23. The van der Waals surface area contributed by atoms with Crippen LogP contribution in [0.4, 0.5) is 29.7 Å². The monoisotopic (exact) mass is 562 g/mol. The van der Waals surface area contributed by atoms with Crippen molar-refractivity contribution in [2.45, 2.75) is 26.6 Å². The molecule has 0 radical (unpaired) electrons. The number of aromatic nitrogens is 5. The SMILES string of the molecule is Cc1cc(/N=c2/ncc3cc(-c4cc(NC(=O)c5cc(C(F)(F)F)ccn5)ccc4C)c4n(c-3n2)CCN4)sn1. The second-order valence-corrected chi connectivity index (χ2v) is 10.0. The number of pyridine rings is 2. The first-order valence-electron chi connectivity index (χ1n) is 12.2. The molecule has 3 aliphatic heterocycles. The van der Waals surface area contributed by atoms with Crippen molar-refractivity contribution in [3.8, 4) is 22.5 Å². The average molecular weight is 563 g/mol. The van der Waals surface area contributed by atoms with Crippen LogP contribution in [0.3, 0.4) is 0 Å². The first-order valence-corrected chi connectivity index (χ1v) is 13.0. The number of fused-ring (bicyclic) bond motifs is 3. The van der Waals surface area contributed by atoms with Gasteiger partial charge < -0.3 is 15.2 Å². The second-order valence-electron chi connectivity index (χ2n) is 9.26. The molecule has 0 unspecified atom stereocenters. The zero-order chi connectivity index (χ0) is 28.0. The number of hydrogen-bond acceptors (Lipinski definition) is 8. The molecule has 13 heteroatoms. The predicted molar refractivity (Wildman–Crippen MR) is 145 cm³/mol. The first kappa shape index (κ1) is 25.6. The summed E-state index contributed by atoms with van der Waals surface area (Å²) in [4.78, 5) is 30.2. The molecule has 1 aromatic carbocycles. The van der Waals surface area contributed by atoms with E-state index in [0.717, 1.165) is 62.9 Å². The highest BCUT2D eigenvalue weighted by Gasteiger charge is 2.31. The molecule has 3 aromatic rings. The van der Waals surface area contributed by atoms with Crippen molar-refractivity contribution in [3.05, 3.63) is 83.0 Å². The van der Waals surface area contributed by atoms with Crippen LogP contribution in [0.15, 0.2) is 59.9 Å². The summed E-state index contributed by atoms with van der Waals surface area (Å²) in [7, 11) is 0. The van der Waals surface area contributed by atoms with Gasteiger partial charge in [-0.1, -0.05) is 6.07 Å². The summed E-state index contributed by atoms with van der Waals surface area (Å²) >= 11 is 1.28. The van der Waals surface area contributed by atoms with Gasteiger partial charge in [0, 0.05) is 42.3 Å². The average Bonchev–Trinajstić information content (AvgIpc) is 3.58. The number of alkyl halides is 3. The van der Waals surface area contributed by atoms with Crippen LogP contribution in [0.1, 0.15) is 27.3 Å². The van der Waals surface area contributed by atoms with Crippen LogP contribution in [0.25, 0.3) is 22.5 Å². The Kier molecular flexibility index (Phi) is 6.29. The van der Waals surface area contributed by atoms with Gasteiger partial charge in [-0.05, 0) is 72.9 Å². The molecule has 2 N–H and O–H groups in total. The molecule has 5 heterocycles. The van der Waals surface area contributed by atoms with Gasteiger partial charge in [-0.3, -0.25) is 9.78 Å². The molecule has 9 nitrogen and oxygen atoms in total.